The SMILES string of the molecule is c1ccc(-c2cccc3cccc(-c4ccccc4N(c4ccccc4-c4ccc5c6ccccc6n(-c6ccccc6)c5c4)c4ccccc4-c4cccc5sc6ccccc6c45)c23)cc1. The number of nitrogens with zero attached hydrogens (tertiary/aromatic N) is 2. The molecule has 2 nitrogen and oxygen atoms in total. The number of thiophene rings is 1. The fraction of sp³-hybridized carbons (Fsp3) is 0. The maximum absolute atomic E-state index is 2.54. The Hall–Kier alpha value is -8.50. The highest BCUT2D eigenvalue weighted by molar-refractivity contribution is 7.25. The number of benzene rings is 11. The monoisotopic (exact) mass is 870 g/mol. The van der Waals surface area contributed by atoms with E-state index in [0.717, 1.165) is 39.4 Å². The second kappa shape index (κ2) is 16.2. The summed E-state index contributed by atoms with van der Waals surface area (Å²) in [5, 5.41) is 7.49. The highest BCUT2D eigenvalue weighted by Crippen LogP contribution is 2.51. The molecule has 2 heterocycles. The van der Waals surface area contributed by atoms with Crippen molar-refractivity contribution in [1.82, 2.24) is 4.57 Å². The zero-order valence-electron chi connectivity index (χ0n) is 36.6. The van der Waals surface area contributed by atoms with Gasteiger partial charge in [0.2, 0.25) is 0 Å². The van der Waals surface area contributed by atoms with Gasteiger partial charge in [0.1, 0.15) is 0 Å². The minimum atomic E-state index is 1.09. The maximum Gasteiger partial charge on any atom is 0.0547 e. The summed E-state index contributed by atoms with van der Waals surface area (Å²) < 4.78 is 4.99. The molecule has 0 aliphatic carbocycles. The van der Waals surface area contributed by atoms with Crippen molar-refractivity contribution in [1.29, 1.82) is 0 Å². The Balaban J connectivity index is 1.10. The van der Waals surface area contributed by atoms with Gasteiger partial charge in [-0.25, -0.2) is 0 Å². The lowest BCUT2D eigenvalue weighted by atomic mass is 9.90. The molecule has 0 atom stereocenters. The van der Waals surface area contributed by atoms with E-state index >= 15 is 0 Å². The van der Waals surface area contributed by atoms with Gasteiger partial charge < -0.3 is 9.47 Å². The number of fused-ring (bicyclic) bond motifs is 7. The van der Waals surface area contributed by atoms with Crippen LogP contribution in [0.4, 0.5) is 17.1 Å². The molecule has 0 aliphatic heterocycles. The molecule has 2 aromatic heterocycles. The first kappa shape index (κ1) is 38.9. The van der Waals surface area contributed by atoms with Crippen molar-refractivity contribution >= 4 is 81.1 Å². The van der Waals surface area contributed by atoms with Gasteiger partial charge in [-0.1, -0.05) is 200 Å². The lowest BCUT2D eigenvalue weighted by molar-refractivity contribution is 1.18. The normalized spacial score (nSPS) is 11.6. The van der Waals surface area contributed by atoms with Crippen LogP contribution in [0.2, 0.25) is 0 Å². The average molecular weight is 871 g/mol. The van der Waals surface area contributed by atoms with E-state index in [1.54, 1.807) is 0 Å². The van der Waals surface area contributed by atoms with Gasteiger partial charge >= 0.3 is 0 Å². The molecule has 67 heavy (non-hydrogen) atoms. The molecule has 0 saturated heterocycles. The zero-order valence-corrected chi connectivity index (χ0v) is 37.4. The predicted octanol–water partition coefficient (Wildman–Crippen LogP) is 18.4. The van der Waals surface area contributed by atoms with Gasteiger partial charge in [0.25, 0.3) is 0 Å². The van der Waals surface area contributed by atoms with Crippen molar-refractivity contribution in [3.8, 4) is 50.2 Å². The second-order valence-corrected chi connectivity index (χ2v) is 18.2. The van der Waals surface area contributed by atoms with E-state index in [0.29, 0.717) is 0 Å². The number of para-hydroxylation sites is 5. The highest BCUT2D eigenvalue weighted by Gasteiger charge is 2.26. The Kier molecular flexibility index (Phi) is 9.40. The average Bonchev–Trinajstić information content (AvgIpc) is 3.95. The summed E-state index contributed by atoms with van der Waals surface area (Å²) in [5.74, 6) is 0. The van der Waals surface area contributed by atoms with Gasteiger partial charge in [-0.3, -0.25) is 0 Å². The van der Waals surface area contributed by atoms with Crippen molar-refractivity contribution in [3.63, 3.8) is 0 Å². The summed E-state index contributed by atoms with van der Waals surface area (Å²) in [5.41, 5.74) is 16.2. The van der Waals surface area contributed by atoms with Crippen LogP contribution in [0.25, 0.3) is 103 Å². The molecular weight excluding hydrogens is 829 g/mol. The summed E-state index contributed by atoms with van der Waals surface area (Å²) in [6, 6.07) is 93.4. The Labute approximate surface area is 393 Å². The largest absolute Gasteiger partial charge is 0.309 e. The van der Waals surface area contributed by atoms with Crippen LogP contribution in [-0.4, -0.2) is 4.57 Å². The van der Waals surface area contributed by atoms with Crippen LogP contribution >= 0.6 is 11.3 Å². The summed E-state index contributed by atoms with van der Waals surface area (Å²) in [6.07, 6.45) is 0. The Morgan fingerprint density at radius 2 is 0.806 bits per heavy atom. The van der Waals surface area contributed by atoms with Crippen LogP contribution in [0, 0.1) is 0 Å². The van der Waals surface area contributed by atoms with Crippen LogP contribution in [0.1, 0.15) is 0 Å². The van der Waals surface area contributed by atoms with Gasteiger partial charge in [0.15, 0.2) is 0 Å². The Bertz CT molecular complexity index is 3990. The third-order valence-corrected chi connectivity index (χ3v) is 14.5. The van der Waals surface area contributed by atoms with E-state index in [2.05, 4.69) is 264 Å². The summed E-state index contributed by atoms with van der Waals surface area (Å²) in [6.45, 7) is 0. The van der Waals surface area contributed by atoms with Gasteiger partial charge in [0, 0.05) is 53.3 Å². The molecule has 0 aliphatic rings. The minimum absolute atomic E-state index is 1.09. The van der Waals surface area contributed by atoms with E-state index in [9.17, 15) is 0 Å². The van der Waals surface area contributed by atoms with E-state index in [4.69, 9.17) is 0 Å². The van der Waals surface area contributed by atoms with E-state index in [1.165, 1.54) is 80.6 Å². The minimum Gasteiger partial charge on any atom is -0.309 e. The van der Waals surface area contributed by atoms with Crippen LogP contribution in [0.5, 0.6) is 0 Å². The molecule has 0 saturated carbocycles. The number of hydrogen-bond donors (Lipinski definition) is 0. The third-order valence-electron chi connectivity index (χ3n) is 13.4. The number of aromatic nitrogens is 1. The maximum atomic E-state index is 2.54. The molecule has 0 bridgehead atoms. The molecule has 0 radical (unpaired) electrons. The van der Waals surface area contributed by atoms with E-state index in [1.807, 2.05) is 11.3 Å². The van der Waals surface area contributed by atoms with Gasteiger partial charge in [-0.05, 0) is 93.2 Å². The molecule has 13 rings (SSSR count). The summed E-state index contributed by atoms with van der Waals surface area (Å²) >= 11 is 1.86. The number of anilines is 3. The van der Waals surface area contributed by atoms with E-state index < -0.39 is 0 Å². The lowest BCUT2D eigenvalue weighted by Gasteiger charge is -2.32. The van der Waals surface area contributed by atoms with E-state index in [-0.39, 0.29) is 0 Å². The van der Waals surface area contributed by atoms with Crippen molar-refractivity contribution in [2.45, 2.75) is 0 Å². The van der Waals surface area contributed by atoms with Crippen molar-refractivity contribution in [3.05, 3.63) is 255 Å². The third kappa shape index (κ3) is 6.47. The van der Waals surface area contributed by atoms with Crippen LogP contribution in [0.3, 0.4) is 0 Å². The van der Waals surface area contributed by atoms with Gasteiger partial charge in [-0.15, -0.1) is 11.3 Å². The van der Waals surface area contributed by atoms with Crippen molar-refractivity contribution in [2.75, 3.05) is 4.90 Å². The fourth-order valence-electron chi connectivity index (χ4n) is 10.5. The van der Waals surface area contributed by atoms with Gasteiger partial charge in [-0.2, -0.15) is 0 Å². The van der Waals surface area contributed by atoms with Crippen molar-refractivity contribution in [2.24, 2.45) is 0 Å². The highest BCUT2D eigenvalue weighted by atomic mass is 32.1. The number of rotatable bonds is 8. The number of hydrogen-bond acceptors (Lipinski definition) is 2. The van der Waals surface area contributed by atoms with Crippen molar-refractivity contribution < 1.29 is 0 Å². The lowest BCUT2D eigenvalue weighted by Crippen LogP contribution is -2.13. The second-order valence-electron chi connectivity index (χ2n) is 17.2. The first-order valence-electron chi connectivity index (χ1n) is 22.9. The Morgan fingerprint density at radius 1 is 0.299 bits per heavy atom. The smallest absolute Gasteiger partial charge is 0.0547 e. The molecule has 11 aromatic carbocycles. The molecule has 0 N–H and O–H groups in total. The van der Waals surface area contributed by atoms with Crippen LogP contribution < -0.4 is 4.90 Å². The molecule has 0 unspecified atom stereocenters. The molecule has 314 valence electrons. The molecule has 13 aromatic rings. The van der Waals surface area contributed by atoms with Crippen LogP contribution in [-0.2, 0) is 0 Å². The molecule has 0 spiro atoms. The summed E-state index contributed by atoms with van der Waals surface area (Å²) in [4.78, 5) is 2.54. The topological polar surface area (TPSA) is 8.17 Å². The fourth-order valence-corrected chi connectivity index (χ4v) is 11.6. The standard InChI is InChI=1S/C64H42N2S/c1-3-20-43(21-4-1)48-31-17-22-44-23-18-32-53(63(44)48)50-28-9-14-36-58(50)66(59-37-15-10-29-51(59)54-33-19-39-62-64(54)55-30-11-16-38-61(55)67-62)56-34-12-7-26-47(56)45-40-41-52-49-27-8-13-35-57(49)65(60(52)42-45)46-24-5-2-6-25-46/h1-42H. The predicted molar refractivity (Wildman–Crippen MR) is 288 cm³/mol. The van der Waals surface area contributed by atoms with Gasteiger partial charge in [0.05, 0.1) is 28.1 Å². The summed E-state index contributed by atoms with van der Waals surface area (Å²) in [7, 11) is 0. The zero-order chi connectivity index (χ0) is 44.3. The quantitative estimate of drug-likeness (QED) is 0.148. The molecule has 3 heteroatoms. The Morgan fingerprint density at radius 3 is 1.54 bits per heavy atom. The van der Waals surface area contributed by atoms with Crippen LogP contribution in [0.15, 0.2) is 255 Å². The molecule has 0 amide bonds. The first-order chi connectivity index (χ1) is 33.3. The first-order valence-corrected chi connectivity index (χ1v) is 23.7. The molecule has 0 fully saturated rings. The molecular formula is C64H42N2S.